The van der Waals surface area contributed by atoms with E-state index in [1.807, 2.05) is 32.0 Å². The van der Waals surface area contributed by atoms with Gasteiger partial charge in [-0.3, -0.25) is 9.59 Å². The van der Waals surface area contributed by atoms with Gasteiger partial charge in [-0.1, -0.05) is 42.1 Å². The van der Waals surface area contributed by atoms with Crippen LogP contribution in [0, 0.1) is 13.8 Å². The zero-order chi connectivity index (χ0) is 20.3. The number of amides is 1. The number of aromatic nitrogens is 4. The van der Waals surface area contributed by atoms with Gasteiger partial charge in [0, 0.05) is 5.56 Å². The molecule has 1 amide bonds. The van der Waals surface area contributed by atoms with Gasteiger partial charge in [-0.2, -0.15) is 4.68 Å². The molecule has 144 valence electrons. The van der Waals surface area contributed by atoms with E-state index in [2.05, 4.69) is 20.8 Å². The Kier molecular flexibility index (Phi) is 5.89. The van der Waals surface area contributed by atoms with Gasteiger partial charge in [0.1, 0.15) is 0 Å². The van der Waals surface area contributed by atoms with Crippen molar-refractivity contribution in [2.45, 2.75) is 38.1 Å². The second kappa shape index (κ2) is 8.35. The number of hydrogen-bond donors (Lipinski definition) is 1. The summed E-state index contributed by atoms with van der Waals surface area (Å²) < 4.78 is 1.66. The van der Waals surface area contributed by atoms with Crippen LogP contribution < -0.4 is 5.32 Å². The summed E-state index contributed by atoms with van der Waals surface area (Å²) in [6.45, 7) is 7.24. The number of nitrogens with zero attached hydrogens (tertiary/aromatic N) is 4. The minimum absolute atomic E-state index is 0.102. The lowest BCUT2D eigenvalue weighted by Crippen LogP contribution is -2.24. The Morgan fingerprint density at radius 1 is 1.07 bits per heavy atom. The van der Waals surface area contributed by atoms with Crippen LogP contribution in [0.25, 0.3) is 5.69 Å². The lowest BCUT2D eigenvalue weighted by molar-refractivity contribution is -0.115. The van der Waals surface area contributed by atoms with Crippen LogP contribution in [0.2, 0.25) is 0 Å². The summed E-state index contributed by atoms with van der Waals surface area (Å²) in [5, 5.41) is 14.9. The number of Topliss-reactive ketones (excluding diaryl/α,β-unsaturated/α-hetero) is 1. The Balaban J connectivity index is 1.80. The number of anilines is 1. The van der Waals surface area contributed by atoms with Crippen LogP contribution in [0.4, 0.5) is 5.69 Å². The summed E-state index contributed by atoms with van der Waals surface area (Å²) in [6.07, 6.45) is 0. The molecule has 0 saturated carbocycles. The van der Waals surface area contributed by atoms with E-state index in [9.17, 15) is 9.59 Å². The molecule has 8 heteroatoms. The molecule has 0 fully saturated rings. The standard InChI is InChI=1S/C20H21N5O2S/c1-12-8-7-9-13(2)18(12)25-20(22-23-24-25)28-15(4)19(27)21-17-11-6-5-10-16(17)14(3)26/h5-11,15H,1-4H3,(H,21,27). The third kappa shape index (κ3) is 4.12. The molecule has 3 aromatic rings. The normalized spacial score (nSPS) is 11.9. The summed E-state index contributed by atoms with van der Waals surface area (Å²) in [5.41, 5.74) is 3.98. The molecule has 2 aromatic carbocycles. The van der Waals surface area contributed by atoms with Crippen LogP contribution in [0.5, 0.6) is 0 Å². The van der Waals surface area contributed by atoms with Crippen LogP contribution in [0.3, 0.4) is 0 Å². The highest BCUT2D eigenvalue weighted by Gasteiger charge is 2.21. The molecule has 0 spiro atoms. The van der Waals surface area contributed by atoms with E-state index < -0.39 is 5.25 Å². The van der Waals surface area contributed by atoms with Crippen molar-refractivity contribution >= 4 is 29.1 Å². The van der Waals surface area contributed by atoms with Gasteiger partial charge in [0.05, 0.1) is 16.6 Å². The highest BCUT2D eigenvalue weighted by atomic mass is 32.2. The zero-order valence-electron chi connectivity index (χ0n) is 16.1. The van der Waals surface area contributed by atoms with E-state index in [-0.39, 0.29) is 11.7 Å². The van der Waals surface area contributed by atoms with Crippen molar-refractivity contribution in [3.8, 4) is 5.69 Å². The first-order valence-corrected chi connectivity index (χ1v) is 9.69. The maximum atomic E-state index is 12.7. The number of tetrazole rings is 1. The minimum atomic E-state index is -0.464. The first kappa shape index (κ1) is 19.8. The summed E-state index contributed by atoms with van der Waals surface area (Å²) in [6, 6.07) is 12.9. The number of aryl methyl sites for hydroxylation is 2. The molecule has 0 bridgehead atoms. The third-order valence-electron chi connectivity index (χ3n) is 4.31. The third-order valence-corrected chi connectivity index (χ3v) is 5.34. The Hall–Kier alpha value is -3.00. The van der Waals surface area contributed by atoms with E-state index in [0.29, 0.717) is 16.4 Å². The maximum absolute atomic E-state index is 12.7. The van der Waals surface area contributed by atoms with Gasteiger partial charge in [0.2, 0.25) is 11.1 Å². The fourth-order valence-electron chi connectivity index (χ4n) is 2.88. The van der Waals surface area contributed by atoms with Crippen molar-refractivity contribution in [2.75, 3.05) is 5.32 Å². The lowest BCUT2D eigenvalue weighted by atomic mass is 10.1. The smallest absolute Gasteiger partial charge is 0.237 e. The molecule has 0 aliphatic heterocycles. The van der Waals surface area contributed by atoms with Crippen LogP contribution in [-0.2, 0) is 4.79 Å². The van der Waals surface area contributed by atoms with Gasteiger partial charge < -0.3 is 5.32 Å². The van der Waals surface area contributed by atoms with E-state index in [0.717, 1.165) is 16.8 Å². The summed E-state index contributed by atoms with van der Waals surface area (Å²) in [7, 11) is 0. The molecular formula is C20H21N5O2S. The molecule has 0 radical (unpaired) electrons. The number of ketones is 1. The summed E-state index contributed by atoms with van der Waals surface area (Å²) in [5.74, 6) is -0.329. The van der Waals surface area contributed by atoms with Crippen LogP contribution in [-0.4, -0.2) is 37.1 Å². The summed E-state index contributed by atoms with van der Waals surface area (Å²) in [4.78, 5) is 24.4. The van der Waals surface area contributed by atoms with Crippen molar-refractivity contribution in [3.63, 3.8) is 0 Å². The van der Waals surface area contributed by atoms with E-state index in [4.69, 9.17) is 0 Å². The molecule has 1 N–H and O–H groups in total. The number of thioether (sulfide) groups is 1. The maximum Gasteiger partial charge on any atom is 0.237 e. The Morgan fingerprint density at radius 2 is 1.75 bits per heavy atom. The molecule has 1 heterocycles. The molecule has 28 heavy (non-hydrogen) atoms. The molecule has 1 unspecified atom stereocenters. The van der Waals surface area contributed by atoms with Crippen LogP contribution in [0.1, 0.15) is 35.3 Å². The first-order valence-electron chi connectivity index (χ1n) is 8.81. The molecular weight excluding hydrogens is 374 g/mol. The molecule has 0 aliphatic carbocycles. The predicted molar refractivity (Wildman–Crippen MR) is 109 cm³/mol. The Labute approximate surface area is 167 Å². The fourth-order valence-corrected chi connectivity index (χ4v) is 3.67. The lowest BCUT2D eigenvalue weighted by Gasteiger charge is -2.14. The van der Waals surface area contributed by atoms with Crippen molar-refractivity contribution in [1.29, 1.82) is 0 Å². The van der Waals surface area contributed by atoms with E-state index in [1.54, 1.807) is 35.9 Å². The van der Waals surface area contributed by atoms with Crippen molar-refractivity contribution < 1.29 is 9.59 Å². The van der Waals surface area contributed by atoms with Crippen molar-refractivity contribution in [2.24, 2.45) is 0 Å². The van der Waals surface area contributed by atoms with Crippen molar-refractivity contribution in [1.82, 2.24) is 20.2 Å². The first-order chi connectivity index (χ1) is 13.4. The summed E-state index contributed by atoms with van der Waals surface area (Å²) >= 11 is 1.26. The Morgan fingerprint density at radius 3 is 2.43 bits per heavy atom. The topological polar surface area (TPSA) is 89.8 Å². The second-order valence-corrected chi connectivity index (χ2v) is 7.77. The number of nitrogens with one attached hydrogen (secondary N) is 1. The average Bonchev–Trinajstić information content (AvgIpc) is 3.09. The zero-order valence-corrected chi connectivity index (χ0v) is 16.9. The number of rotatable bonds is 6. The monoisotopic (exact) mass is 395 g/mol. The number of carbonyl (C=O) groups is 2. The van der Waals surface area contributed by atoms with Gasteiger partial charge in [-0.15, -0.1) is 5.10 Å². The average molecular weight is 395 g/mol. The largest absolute Gasteiger partial charge is 0.324 e. The molecule has 0 aliphatic rings. The molecule has 0 saturated heterocycles. The molecule has 7 nitrogen and oxygen atoms in total. The minimum Gasteiger partial charge on any atom is -0.324 e. The fraction of sp³-hybridized carbons (Fsp3) is 0.250. The van der Waals surface area contributed by atoms with Crippen LogP contribution in [0.15, 0.2) is 47.6 Å². The molecule has 3 rings (SSSR count). The molecule has 1 atom stereocenters. The number of carbonyl (C=O) groups excluding carboxylic acids is 2. The Bertz CT molecular complexity index is 1010. The van der Waals surface area contributed by atoms with Gasteiger partial charge in [0.25, 0.3) is 0 Å². The number of benzene rings is 2. The van der Waals surface area contributed by atoms with Gasteiger partial charge in [-0.25, -0.2) is 0 Å². The second-order valence-electron chi connectivity index (χ2n) is 6.46. The number of para-hydroxylation sites is 2. The van der Waals surface area contributed by atoms with E-state index in [1.165, 1.54) is 18.7 Å². The highest BCUT2D eigenvalue weighted by molar-refractivity contribution is 8.00. The SMILES string of the molecule is CC(=O)c1ccccc1NC(=O)C(C)Sc1nnnn1-c1c(C)cccc1C. The van der Waals surface area contributed by atoms with Gasteiger partial charge in [-0.05, 0) is 61.4 Å². The predicted octanol–water partition coefficient (Wildman–Crippen LogP) is 3.60. The highest BCUT2D eigenvalue weighted by Crippen LogP contribution is 2.27. The number of hydrogen-bond acceptors (Lipinski definition) is 6. The van der Waals surface area contributed by atoms with Gasteiger partial charge in [0.15, 0.2) is 5.78 Å². The molecule has 1 aromatic heterocycles. The van der Waals surface area contributed by atoms with Gasteiger partial charge >= 0.3 is 0 Å². The van der Waals surface area contributed by atoms with Crippen LogP contribution >= 0.6 is 11.8 Å². The van der Waals surface area contributed by atoms with E-state index >= 15 is 0 Å². The quantitative estimate of drug-likeness (QED) is 0.507. The van der Waals surface area contributed by atoms with Crippen molar-refractivity contribution in [3.05, 3.63) is 59.2 Å².